The van der Waals surface area contributed by atoms with Gasteiger partial charge in [0.1, 0.15) is 4.75 Å². The van der Waals surface area contributed by atoms with Gasteiger partial charge in [0.15, 0.2) is 0 Å². The van der Waals surface area contributed by atoms with E-state index in [9.17, 15) is 9.59 Å². The zero-order valence-electron chi connectivity index (χ0n) is 9.96. The molecule has 94 valence electrons. The number of benzene rings is 1. The topological polar surface area (TPSA) is 37.4 Å². The van der Waals surface area contributed by atoms with E-state index in [4.69, 9.17) is 0 Å². The fourth-order valence-corrected chi connectivity index (χ4v) is 5.73. The molecule has 0 radical (unpaired) electrons. The smallest absolute Gasteiger partial charge is 0.275 e. The van der Waals surface area contributed by atoms with Crippen LogP contribution in [0.5, 0.6) is 0 Å². The number of thioether (sulfide) groups is 2. The average Bonchev–Trinajstić information content (AvgIpc) is 2.90. The van der Waals surface area contributed by atoms with Gasteiger partial charge in [-0.05, 0) is 17.3 Å². The number of hydrogen-bond donors (Lipinski definition) is 0. The van der Waals surface area contributed by atoms with E-state index in [-0.39, 0.29) is 17.1 Å². The molecule has 0 aliphatic carbocycles. The fraction of sp³-hybridized carbons (Fsp3) is 0.385. The minimum absolute atomic E-state index is 0.0312. The third-order valence-corrected chi connectivity index (χ3v) is 6.40. The zero-order chi connectivity index (χ0) is 12.8. The predicted molar refractivity (Wildman–Crippen MR) is 75.0 cm³/mol. The van der Waals surface area contributed by atoms with Crippen molar-refractivity contribution in [2.45, 2.75) is 10.7 Å². The third kappa shape index (κ3) is 1.61. The van der Waals surface area contributed by atoms with Crippen LogP contribution in [0.1, 0.15) is 11.5 Å². The Labute approximate surface area is 114 Å². The lowest BCUT2D eigenvalue weighted by Gasteiger charge is -2.26. The van der Waals surface area contributed by atoms with Crippen molar-refractivity contribution in [2.24, 2.45) is 0 Å². The molecule has 1 aromatic carbocycles. The Kier molecular flexibility index (Phi) is 2.90. The van der Waals surface area contributed by atoms with Crippen molar-refractivity contribution in [1.82, 2.24) is 4.90 Å². The lowest BCUT2D eigenvalue weighted by Crippen LogP contribution is -2.42. The molecule has 2 aliphatic heterocycles. The first kappa shape index (κ1) is 12.1. The molecule has 2 atom stereocenters. The maximum Gasteiger partial charge on any atom is 0.289 e. The highest BCUT2D eigenvalue weighted by Gasteiger charge is 2.58. The lowest BCUT2D eigenvalue weighted by atomic mass is 9.87. The summed E-state index contributed by atoms with van der Waals surface area (Å²) in [6.07, 6.45) is 0. The van der Waals surface area contributed by atoms with Gasteiger partial charge < -0.3 is 0 Å². The number of carbonyl (C=O) groups excluding carboxylic acids is 2. The van der Waals surface area contributed by atoms with Crippen LogP contribution in [0.2, 0.25) is 0 Å². The van der Waals surface area contributed by atoms with Crippen LogP contribution >= 0.6 is 23.5 Å². The molecule has 2 aliphatic rings. The summed E-state index contributed by atoms with van der Waals surface area (Å²) in [5.74, 6) is 1.74. The second-order valence-corrected chi connectivity index (χ2v) is 6.91. The predicted octanol–water partition coefficient (Wildman–Crippen LogP) is 2.58. The van der Waals surface area contributed by atoms with Gasteiger partial charge in [-0.3, -0.25) is 14.5 Å². The standard InChI is InChI=1S/C13H13NO2S2/c1-14-11(15)13(18-12(14)16)8-17-7-10(13)9-5-3-2-4-6-9/h2-6,10H,7-8H2,1H3/t10-,13-/m1/s1. The van der Waals surface area contributed by atoms with Crippen molar-refractivity contribution >= 4 is 34.7 Å². The van der Waals surface area contributed by atoms with E-state index < -0.39 is 4.75 Å². The van der Waals surface area contributed by atoms with Gasteiger partial charge in [0.2, 0.25) is 5.91 Å². The highest BCUT2D eigenvalue weighted by atomic mass is 32.2. The Morgan fingerprint density at radius 1 is 1.28 bits per heavy atom. The summed E-state index contributed by atoms with van der Waals surface area (Å²) < 4.78 is -0.572. The Hall–Kier alpha value is -0.940. The van der Waals surface area contributed by atoms with Crippen LogP contribution in [0.25, 0.3) is 0 Å². The van der Waals surface area contributed by atoms with Gasteiger partial charge in [0, 0.05) is 24.5 Å². The monoisotopic (exact) mass is 279 g/mol. The van der Waals surface area contributed by atoms with Gasteiger partial charge in [0.05, 0.1) is 0 Å². The molecule has 0 aromatic heterocycles. The van der Waals surface area contributed by atoms with E-state index in [1.54, 1.807) is 18.8 Å². The van der Waals surface area contributed by atoms with Gasteiger partial charge in [-0.25, -0.2) is 0 Å². The van der Waals surface area contributed by atoms with Crippen molar-refractivity contribution in [3.05, 3.63) is 35.9 Å². The fourth-order valence-electron chi connectivity index (χ4n) is 2.56. The summed E-state index contributed by atoms with van der Waals surface area (Å²) in [6, 6.07) is 10.0. The molecule has 1 spiro atoms. The van der Waals surface area contributed by atoms with Gasteiger partial charge in [-0.15, -0.1) is 0 Å². The molecule has 1 aromatic rings. The normalized spacial score (nSPS) is 31.6. The first-order chi connectivity index (χ1) is 8.65. The molecule has 0 bridgehead atoms. The molecule has 2 heterocycles. The summed E-state index contributed by atoms with van der Waals surface area (Å²) >= 11 is 2.97. The molecule has 18 heavy (non-hydrogen) atoms. The highest BCUT2D eigenvalue weighted by molar-refractivity contribution is 8.17. The molecular weight excluding hydrogens is 266 g/mol. The van der Waals surface area contributed by atoms with Crippen molar-refractivity contribution in [3.63, 3.8) is 0 Å². The first-order valence-electron chi connectivity index (χ1n) is 5.79. The van der Waals surface area contributed by atoms with Gasteiger partial charge in [-0.1, -0.05) is 30.3 Å². The Balaban J connectivity index is 2.02. The van der Waals surface area contributed by atoms with Crippen LogP contribution in [0.15, 0.2) is 30.3 Å². The number of nitrogens with zero attached hydrogens (tertiary/aromatic N) is 1. The van der Waals surface area contributed by atoms with Crippen LogP contribution in [-0.2, 0) is 4.79 Å². The van der Waals surface area contributed by atoms with Crippen LogP contribution in [0, 0.1) is 0 Å². The molecule has 0 saturated carbocycles. The quantitative estimate of drug-likeness (QED) is 0.792. The van der Waals surface area contributed by atoms with E-state index in [0.29, 0.717) is 0 Å². The minimum atomic E-state index is -0.572. The summed E-state index contributed by atoms with van der Waals surface area (Å²) in [4.78, 5) is 25.4. The van der Waals surface area contributed by atoms with Gasteiger partial charge in [-0.2, -0.15) is 11.8 Å². The van der Waals surface area contributed by atoms with E-state index >= 15 is 0 Å². The second kappa shape index (κ2) is 4.31. The molecular formula is C13H13NO2S2. The average molecular weight is 279 g/mol. The van der Waals surface area contributed by atoms with Crippen molar-refractivity contribution in [3.8, 4) is 0 Å². The van der Waals surface area contributed by atoms with E-state index in [2.05, 4.69) is 12.1 Å². The lowest BCUT2D eigenvalue weighted by molar-refractivity contribution is -0.128. The molecule has 3 rings (SSSR count). The van der Waals surface area contributed by atoms with Crippen LogP contribution < -0.4 is 0 Å². The van der Waals surface area contributed by atoms with E-state index in [0.717, 1.165) is 17.1 Å². The largest absolute Gasteiger partial charge is 0.289 e. The third-order valence-electron chi connectivity index (χ3n) is 3.58. The molecule has 3 nitrogen and oxygen atoms in total. The highest BCUT2D eigenvalue weighted by Crippen LogP contribution is 2.53. The SMILES string of the molecule is CN1C(=O)S[C@@]2(CSC[C@@H]2c2ccccc2)C1=O. The summed E-state index contributed by atoms with van der Waals surface area (Å²) in [6.45, 7) is 0. The molecule has 5 heteroatoms. The van der Waals surface area contributed by atoms with Crippen LogP contribution in [0.3, 0.4) is 0 Å². The zero-order valence-corrected chi connectivity index (χ0v) is 11.6. The van der Waals surface area contributed by atoms with Gasteiger partial charge >= 0.3 is 0 Å². The number of rotatable bonds is 1. The second-order valence-electron chi connectivity index (χ2n) is 4.60. The summed E-state index contributed by atoms with van der Waals surface area (Å²) in [7, 11) is 1.58. The molecule has 0 N–H and O–H groups in total. The Morgan fingerprint density at radius 2 is 2.00 bits per heavy atom. The van der Waals surface area contributed by atoms with E-state index in [1.807, 2.05) is 18.2 Å². The number of hydrogen-bond acceptors (Lipinski definition) is 4. The number of carbonyl (C=O) groups is 2. The minimum Gasteiger partial charge on any atom is -0.275 e. The molecule has 2 amide bonds. The summed E-state index contributed by atoms with van der Waals surface area (Å²) in [5, 5.41) is -0.122. The van der Waals surface area contributed by atoms with Crippen LogP contribution in [0.4, 0.5) is 4.79 Å². The van der Waals surface area contributed by atoms with Crippen molar-refractivity contribution in [1.29, 1.82) is 0 Å². The van der Waals surface area contributed by atoms with E-state index in [1.165, 1.54) is 16.7 Å². The Bertz CT molecular complexity index is 505. The van der Waals surface area contributed by atoms with Gasteiger partial charge in [0.25, 0.3) is 5.24 Å². The van der Waals surface area contributed by atoms with Crippen molar-refractivity contribution in [2.75, 3.05) is 18.6 Å². The summed E-state index contributed by atoms with van der Waals surface area (Å²) in [5.41, 5.74) is 1.16. The molecule has 2 saturated heterocycles. The first-order valence-corrected chi connectivity index (χ1v) is 7.76. The number of amides is 2. The number of imide groups is 1. The molecule has 2 fully saturated rings. The Morgan fingerprint density at radius 3 is 2.61 bits per heavy atom. The van der Waals surface area contributed by atoms with Crippen molar-refractivity contribution < 1.29 is 9.59 Å². The maximum atomic E-state index is 12.4. The molecule has 0 unspecified atom stereocenters. The van der Waals surface area contributed by atoms with Crippen LogP contribution in [-0.4, -0.2) is 39.3 Å². The maximum absolute atomic E-state index is 12.4.